The SMILES string of the molecule is CCOc1cccc(NC2=C(c3cccs3)C(=O)N(CC)C2=O)c1. The molecule has 1 aliphatic rings. The number of nitrogens with one attached hydrogen (secondary N) is 1. The van der Waals surface area contributed by atoms with Crippen LogP contribution in [0.15, 0.2) is 47.5 Å². The summed E-state index contributed by atoms with van der Waals surface area (Å²) in [6.45, 7) is 4.61. The maximum Gasteiger partial charge on any atom is 0.278 e. The highest BCUT2D eigenvalue weighted by Gasteiger charge is 2.38. The van der Waals surface area contributed by atoms with Gasteiger partial charge in [-0.2, -0.15) is 0 Å². The molecule has 1 aromatic heterocycles. The summed E-state index contributed by atoms with van der Waals surface area (Å²) < 4.78 is 5.48. The van der Waals surface area contributed by atoms with Gasteiger partial charge in [0.25, 0.3) is 11.8 Å². The van der Waals surface area contributed by atoms with Crippen LogP contribution in [-0.2, 0) is 9.59 Å². The number of thiophene rings is 1. The van der Waals surface area contributed by atoms with Crippen LogP contribution in [0.4, 0.5) is 5.69 Å². The van der Waals surface area contributed by atoms with Gasteiger partial charge in [-0.25, -0.2) is 0 Å². The molecule has 6 heteroatoms. The van der Waals surface area contributed by atoms with Crippen molar-refractivity contribution in [3.8, 4) is 5.75 Å². The van der Waals surface area contributed by atoms with Crippen molar-refractivity contribution in [3.63, 3.8) is 0 Å². The Morgan fingerprint density at radius 2 is 1.96 bits per heavy atom. The fraction of sp³-hybridized carbons (Fsp3) is 0.222. The van der Waals surface area contributed by atoms with Crippen LogP contribution in [0, 0.1) is 0 Å². The van der Waals surface area contributed by atoms with Gasteiger partial charge >= 0.3 is 0 Å². The van der Waals surface area contributed by atoms with Crippen LogP contribution >= 0.6 is 11.3 Å². The minimum Gasteiger partial charge on any atom is -0.494 e. The normalized spacial score (nSPS) is 14.5. The molecule has 0 radical (unpaired) electrons. The number of amides is 2. The molecule has 1 aromatic carbocycles. The lowest BCUT2D eigenvalue weighted by atomic mass is 10.2. The number of rotatable bonds is 6. The van der Waals surface area contributed by atoms with E-state index in [1.807, 2.05) is 48.7 Å². The van der Waals surface area contributed by atoms with Crippen molar-refractivity contribution >= 4 is 34.4 Å². The van der Waals surface area contributed by atoms with E-state index in [0.29, 0.717) is 35.9 Å². The standard InChI is InChI=1S/C18H18N2O3S/c1-3-20-17(21)15(14-9-6-10-24-14)16(18(20)22)19-12-7-5-8-13(11-12)23-4-2/h5-11,19H,3-4H2,1-2H3. The van der Waals surface area contributed by atoms with Crippen LogP contribution in [-0.4, -0.2) is 29.9 Å². The minimum atomic E-state index is -0.298. The van der Waals surface area contributed by atoms with E-state index in [1.54, 1.807) is 6.92 Å². The quantitative estimate of drug-likeness (QED) is 0.818. The topological polar surface area (TPSA) is 58.6 Å². The highest BCUT2D eigenvalue weighted by molar-refractivity contribution is 7.11. The molecule has 0 fully saturated rings. The molecule has 0 saturated carbocycles. The first kappa shape index (κ1) is 16.3. The number of imide groups is 1. The summed E-state index contributed by atoms with van der Waals surface area (Å²) in [4.78, 5) is 27.3. The lowest BCUT2D eigenvalue weighted by Gasteiger charge is -2.12. The number of ether oxygens (including phenoxy) is 1. The first-order valence-corrected chi connectivity index (χ1v) is 8.67. The number of benzene rings is 1. The fourth-order valence-corrected chi connectivity index (χ4v) is 3.37. The number of likely N-dealkylation sites (N-methyl/N-ethyl adjacent to an activating group) is 1. The molecule has 124 valence electrons. The Morgan fingerprint density at radius 3 is 2.62 bits per heavy atom. The van der Waals surface area contributed by atoms with Gasteiger partial charge in [-0.05, 0) is 37.4 Å². The second-order valence-corrected chi connectivity index (χ2v) is 6.12. The molecule has 0 saturated heterocycles. The molecular formula is C18H18N2O3S. The molecule has 2 aromatic rings. The summed E-state index contributed by atoms with van der Waals surface area (Å²) in [5, 5.41) is 5.01. The number of hydrogen-bond acceptors (Lipinski definition) is 5. The van der Waals surface area contributed by atoms with Crippen LogP contribution < -0.4 is 10.1 Å². The second-order valence-electron chi connectivity index (χ2n) is 5.17. The lowest BCUT2D eigenvalue weighted by Crippen LogP contribution is -2.32. The first-order valence-electron chi connectivity index (χ1n) is 7.80. The Bertz CT molecular complexity index is 796. The average Bonchev–Trinajstić information content (AvgIpc) is 3.16. The number of anilines is 1. The van der Waals surface area contributed by atoms with Gasteiger partial charge in [-0.3, -0.25) is 14.5 Å². The molecule has 0 atom stereocenters. The van der Waals surface area contributed by atoms with E-state index in [0.717, 1.165) is 4.88 Å². The zero-order valence-corrected chi connectivity index (χ0v) is 14.4. The third-order valence-corrected chi connectivity index (χ3v) is 4.55. The molecule has 24 heavy (non-hydrogen) atoms. The Morgan fingerprint density at radius 1 is 1.12 bits per heavy atom. The third-order valence-electron chi connectivity index (χ3n) is 3.67. The predicted molar refractivity (Wildman–Crippen MR) is 94.9 cm³/mol. The fourth-order valence-electron chi connectivity index (χ4n) is 2.60. The molecule has 0 unspecified atom stereocenters. The number of nitrogens with zero attached hydrogens (tertiary/aromatic N) is 1. The van der Waals surface area contributed by atoms with Crippen molar-refractivity contribution in [3.05, 3.63) is 52.4 Å². The molecule has 0 spiro atoms. The molecule has 5 nitrogen and oxygen atoms in total. The Labute approximate surface area is 144 Å². The summed E-state index contributed by atoms with van der Waals surface area (Å²) in [6, 6.07) is 11.1. The number of hydrogen-bond donors (Lipinski definition) is 1. The largest absolute Gasteiger partial charge is 0.494 e. The predicted octanol–water partition coefficient (Wildman–Crippen LogP) is 3.36. The maximum absolute atomic E-state index is 12.6. The molecule has 1 aliphatic heterocycles. The van der Waals surface area contributed by atoms with Gasteiger partial charge in [0.2, 0.25) is 0 Å². The molecule has 3 rings (SSSR count). The monoisotopic (exact) mass is 342 g/mol. The Hall–Kier alpha value is -2.60. The summed E-state index contributed by atoms with van der Waals surface area (Å²) in [7, 11) is 0. The first-order chi connectivity index (χ1) is 11.7. The number of carbonyl (C=O) groups is 2. The number of carbonyl (C=O) groups excluding carboxylic acids is 2. The van der Waals surface area contributed by atoms with Gasteiger partial charge in [0.1, 0.15) is 11.4 Å². The van der Waals surface area contributed by atoms with E-state index in [1.165, 1.54) is 16.2 Å². The van der Waals surface area contributed by atoms with E-state index in [2.05, 4.69) is 5.32 Å². The van der Waals surface area contributed by atoms with Crippen molar-refractivity contribution < 1.29 is 14.3 Å². The van der Waals surface area contributed by atoms with Gasteiger partial charge < -0.3 is 10.1 Å². The van der Waals surface area contributed by atoms with Crippen molar-refractivity contribution in [2.75, 3.05) is 18.5 Å². The van der Waals surface area contributed by atoms with Crippen LogP contribution in [0.5, 0.6) is 5.75 Å². The van der Waals surface area contributed by atoms with Crippen LogP contribution in [0.3, 0.4) is 0 Å². The Kier molecular flexibility index (Phi) is 4.66. The van der Waals surface area contributed by atoms with Gasteiger partial charge in [0, 0.05) is 23.2 Å². The van der Waals surface area contributed by atoms with Crippen LogP contribution in [0.2, 0.25) is 0 Å². The second kappa shape index (κ2) is 6.88. The molecular weight excluding hydrogens is 324 g/mol. The minimum absolute atomic E-state index is 0.256. The third kappa shape index (κ3) is 2.92. The molecule has 0 bridgehead atoms. The van der Waals surface area contributed by atoms with E-state index < -0.39 is 0 Å². The van der Waals surface area contributed by atoms with Gasteiger partial charge in [-0.1, -0.05) is 12.1 Å². The van der Waals surface area contributed by atoms with E-state index in [4.69, 9.17) is 4.74 Å². The van der Waals surface area contributed by atoms with E-state index >= 15 is 0 Å². The summed E-state index contributed by atoms with van der Waals surface area (Å²) in [6.07, 6.45) is 0. The summed E-state index contributed by atoms with van der Waals surface area (Å²) in [5.74, 6) is 0.158. The van der Waals surface area contributed by atoms with Crippen LogP contribution in [0.1, 0.15) is 18.7 Å². The van der Waals surface area contributed by atoms with Crippen LogP contribution in [0.25, 0.3) is 5.57 Å². The molecule has 1 N–H and O–H groups in total. The zero-order valence-electron chi connectivity index (χ0n) is 13.5. The molecule has 2 amide bonds. The van der Waals surface area contributed by atoms with E-state index in [-0.39, 0.29) is 11.8 Å². The lowest BCUT2D eigenvalue weighted by molar-refractivity contribution is -0.136. The van der Waals surface area contributed by atoms with Gasteiger partial charge in [0.15, 0.2) is 0 Å². The van der Waals surface area contributed by atoms with Crippen molar-refractivity contribution in [2.24, 2.45) is 0 Å². The zero-order chi connectivity index (χ0) is 17.1. The van der Waals surface area contributed by atoms with E-state index in [9.17, 15) is 9.59 Å². The summed E-state index contributed by atoms with van der Waals surface area (Å²) >= 11 is 1.44. The molecule has 0 aliphatic carbocycles. The summed E-state index contributed by atoms with van der Waals surface area (Å²) in [5.41, 5.74) is 1.46. The Balaban J connectivity index is 2.00. The van der Waals surface area contributed by atoms with Crippen molar-refractivity contribution in [2.45, 2.75) is 13.8 Å². The average molecular weight is 342 g/mol. The maximum atomic E-state index is 12.6. The smallest absolute Gasteiger partial charge is 0.278 e. The van der Waals surface area contributed by atoms with Gasteiger partial charge in [0.05, 0.1) is 12.2 Å². The molecule has 2 heterocycles. The van der Waals surface area contributed by atoms with Crippen molar-refractivity contribution in [1.82, 2.24) is 4.90 Å². The van der Waals surface area contributed by atoms with Gasteiger partial charge in [-0.15, -0.1) is 11.3 Å². The van der Waals surface area contributed by atoms with Crippen molar-refractivity contribution in [1.29, 1.82) is 0 Å². The highest BCUT2D eigenvalue weighted by atomic mass is 32.1. The highest BCUT2D eigenvalue weighted by Crippen LogP contribution is 2.33.